The molecule has 1 saturated heterocycles. The summed E-state index contributed by atoms with van der Waals surface area (Å²) in [4.78, 5) is 12.4. The lowest BCUT2D eigenvalue weighted by Gasteiger charge is -2.32. The molecule has 0 saturated carbocycles. The third-order valence-corrected chi connectivity index (χ3v) is 6.29. The van der Waals surface area contributed by atoms with Crippen molar-refractivity contribution in [3.8, 4) is 5.75 Å². The molecule has 3 rings (SSSR count). The minimum Gasteiger partial charge on any atom is -0.495 e. The van der Waals surface area contributed by atoms with Gasteiger partial charge in [0.15, 0.2) is 0 Å². The Morgan fingerprint density at radius 1 is 1.19 bits per heavy atom. The number of sulfone groups is 1. The van der Waals surface area contributed by atoms with E-state index in [2.05, 4.69) is 14.9 Å². The third-order valence-electron chi connectivity index (χ3n) is 4.26. The lowest BCUT2D eigenvalue weighted by molar-refractivity contribution is 0.311. The molecule has 2 N–H and O–H groups in total. The average molecular weight is 398 g/mol. The molecule has 0 atom stereocenters. The summed E-state index contributed by atoms with van der Waals surface area (Å²) in [5.74, 6) is 0.500. The molecule has 26 heavy (non-hydrogen) atoms. The van der Waals surface area contributed by atoms with Crippen molar-refractivity contribution in [1.82, 2.24) is 14.9 Å². The lowest BCUT2D eigenvalue weighted by Crippen LogP contribution is -2.45. The molecule has 1 aromatic carbocycles. The molecule has 1 aliphatic heterocycles. The molecule has 0 radical (unpaired) electrons. The van der Waals surface area contributed by atoms with E-state index in [0.717, 1.165) is 26.2 Å². The minimum atomic E-state index is -3.98. The number of likely N-dealkylation sites (N-methyl/N-ethyl adjacent to an activating group) is 1. The van der Waals surface area contributed by atoms with E-state index in [4.69, 9.17) is 22.1 Å². The number of nitrogens with two attached hydrogens (primary N) is 1. The second-order valence-electron chi connectivity index (χ2n) is 6.01. The van der Waals surface area contributed by atoms with Gasteiger partial charge in [0.25, 0.3) is 0 Å². The predicted octanol–water partition coefficient (Wildman–Crippen LogP) is 1.31. The van der Waals surface area contributed by atoms with E-state index in [1.165, 1.54) is 25.4 Å². The number of hydrogen-bond donors (Lipinski definition) is 1. The maximum absolute atomic E-state index is 13.0. The molecule has 2 aromatic rings. The number of anilines is 2. The largest absolute Gasteiger partial charge is 0.495 e. The Labute approximate surface area is 157 Å². The van der Waals surface area contributed by atoms with Crippen LogP contribution < -0.4 is 15.4 Å². The smallest absolute Gasteiger partial charge is 0.227 e. The second kappa shape index (κ2) is 7.26. The van der Waals surface area contributed by atoms with Crippen LogP contribution in [0.4, 0.5) is 11.8 Å². The highest BCUT2D eigenvalue weighted by molar-refractivity contribution is 7.91. The van der Waals surface area contributed by atoms with E-state index < -0.39 is 9.84 Å². The third kappa shape index (κ3) is 3.55. The summed E-state index contributed by atoms with van der Waals surface area (Å²) in [5, 5.41) is 0.276. The van der Waals surface area contributed by atoms with Gasteiger partial charge in [0, 0.05) is 31.2 Å². The summed E-state index contributed by atoms with van der Waals surface area (Å²) in [6.07, 6.45) is 1.24. The number of benzene rings is 1. The molecule has 0 spiro atoms. The standard InChI is InChI=1S/C16H20ClN5O3S/c1-21-5-7-22(8-6-21)16-19-10-14(15(18)20-16)26(23,24)13-9-11(17)3-4-12(13)25-2/h3-4,9-10H,5-8H2,1-2H3,(H2,18,19,20). The van der Waals surface area contributed by atoms with E-state index in [9.17, 15) is 8.42 Å². The van der Waals surface area contributed by atoms with Crippen LogP contribution in [0, 0.1) is 0 Å². The molecule has 140 valence electrons. The van der Waals surface area contributed by atoms with Gasteiger partial charge in [0.1, 0.15) is 21.4 Å². The first-order valence-corrected chi connectivity index (χ1v) is 9.83. The average Bonchev–Trinajstić information content (AvgIpc) is 2.62. The summed E-state index contributed by atoms with van der Waals surface area (Å²) < 4.78 is 31.1. The zero-order valence-electron chi connectivity index (χ0n) is 14.5. The number of nitrogens with zero attached hydrogens (tertiary/aromatic N) is 4. The van der Waals surface area contributed by atoms with E-state index in [1.54, 1.807) is 6.07 Å². The fourth-order valence-electron chi connectivity index (χ4n) is 2.72. The van der Waals surface area contributed by atoms with Crippen LogP contribution in [0.1, 0.15) is 0 Å². The van der Waals surface area contributed by atoms with Gasteiger partial charge in [-0.25, -0.2) is 13.4 Å². The number of nitrogen functional groups attached to an aromatic ring is 1. The van der Waals surface area contributed by atoms with E-state index in [1.807, 2.05) is 11.9 Å². The molecule has 0 unspecified atom stereocenters. The van der Waals surface area contributed by atoms with Gasteiger partial charge < -0.3 is 20.3 Å². The molecular weight excluding hydrogens is 378 g/mol. The van der Waals surface area contributed by atoms with Gasteiger partial charge in [-0.05, 0) is 25.2 Å². The van der Waals surface area contributed by atoms with Crippen LogP contribution in [0.15, 0.2) is 34.2 Å². The first-order chi connectivity index (χ1) is 12.3. The number of aromatic nitrogens is 2. The van der Waals surface area contributed by atoms with Gasteiger partial charge in [-0.2, -0.15) is 4.98 Å². The number of methoxy groups -OCH3 is 1. The van der Waals surface area contributed by atoms with Gasteiger partial charge in [-0.15, -0.1) is 0 Å². The lowest BCUT2D eigenvalue weighted by atomic mass is 10.3. The molecule has 0 bridgehead atoms. The van der Waals surface area contributed by atoms with Crippen molar-refractivity contribution < 1.29 is 13.2 Å². The molecule has 8 nitrogen and oxygen atoms in total. The maximum atomic E-state index is 13.0. The van der Waals surface area contributed by atoms with Crippen molar-refractivity contribution in [2.75, 3.05) is 51.0 Å². The Kier molecular flexibility index (Phi) is 5.22. The topological polar surface area (TPSA) is 102 Å². The van der Waals surface area contributed by atoms with E-state index >= 15 is 0 Å². The Bertz CT molecular complexity index is 914. The van der Waals surface area contributed by atoms with Crippen molar-refractivity contribution in [3.05, 3.63) is 29.4 Å². The summed E-state index contributed by atoms with van der Waals surface area (Å²) in [7, 11) is -0.548. The molecule has 1 aromatic heterocycles. The quantitative estimate of drug-likeness (QED) is 0.823. The Morgan fingerprint density at radius 2 is 1.88 bits per heavy atom. The van der Waals surface area contributed by atoms with Crippen LogP contribution >= 0.6 is 11.6 Å². The van der Waals surface area contributed by atoms with Gasteiger partial charge in [-0.1, -0.05) is 11.6 Å². The van der Waals surface area contributed by atoms with Crippen LogP contribution in [-0.4, -0.2) is 63.6 Å². The SMILES string of the molecule is COc1ccc(Cl)cc1S(=O)(=O)c1cnc(N2CCN(C)CC2)nc1N. The van der Waals surface area contributed by atoms with Crippen LogP contribution in [0.3, 0.4) is 0 Å². The number of ether oxygens (including phenoxy) is 1. The maximum Gasteiger partial charge on any atom is 0.227 e. The first-order valence-electron chi connectivity index (χ1n) is 7.97. The van der Waals surface area contributed by atoms with Crippen LogP contribution in [0.5, 0.6) is 5.75 Å². The Morgan fingerprint density at radius 3 is 2.50 bits per heavy atom. The number of rotatable bonds is 4. The Hall–Kier alpha value is -2.10. The highest BCUT2D eigenvalue weighted by Gasteiger charge is 2.27. The van der Waals surface area contributed by atoms with Crippen molar-refractivity contribution in [3.63, 3.8) is 0 Å². The summed E-state index contributed by atoms with van der Waals surface area (Å²) in [6, 6.07) is 4.37. The fraction of sp³-hybridized carbons (Fsp3) is 0.375. The van der Waals surface area contributed by atoms with Crippen molar-refractivity contribution in [1.29, 1.82) is 0 Å². The van der Waals surface area contributed by atoms with Gasteiger partial charge >= 0.3 is 0 Å². The van der Waals surface area contributed by atoms with Gasteiger partial charge in [0.05, 0.1) is 13.3 Å². The first kappa shape index (κ1) is 18.7. The molecule has 1 fully saturated rings. The van der Waals surface area contributed by atoms with E-state index in [-0.39, 0.29) is 26.4 Å². The summed E-state index contributed by atoms with van der Waals surface area (Å²) >= 11 is 5.95. The predicted molar refractivity (Wildman–Crippen MR) is 99.6 cm³/mol. The minimum absolute atomic E-state index is 0.0739. The van der Waals surface area contributed by atoms with Crippen LogP contribution in [0.2, 0.25) is 5.02 Å². The normalized spacial score (nSPS) is 15.9. The van der Waals surface area contributed by atoms with Crippen molar-refractivity contribution >= 4 is 33.2 Å². The Balaban J connectivity index is 1.98. The van der Waals surface area contributed by atoms with Gasteiger partial charge in [-0.3, -0.25) is 0 Å². The summed E-state index contributed by atoms with van der Waals surface area (Å²) in [5.41, 5.74) is 5.97. The van der Waals surface area contributed by atoms with Crippen LogP contribution in [-0.2, 0) is 9.84 Å². The molecule has 1 aliphatic rings. The number of hydrogen-bond acceptors (Lipinski definition) is 8. The molecule has 0 amide bonds. The van der Waals surface area contributed by atoms with E-state index in [0.29, 0.717) is 5.95 Å². The molecular formula is C16H20ClN5O3S. The number of halogens is 1. The highest BCUT2D eigenvalue weighted by atomic mass is 35.5. The van der Waals surface area contributed by atoms with Crippen LogP contribution in [0.25, 0.3) is 0 Å². The molecule has 2 heterocycles. The second-order valence-corrected chi connectivity index (χ2v) is 8.33. The monoisotopic (exact) mass is 397 g/mol. The summed E-state index contributed by atoms with van der Waals surface area (Å²) in [6.45, 7) is 3.26. The zero-order valence-corrected chi connectivity index (χ0v) is 16.1. The fourth-order valence-corrected chi connectivity index (χ4v) is 4.40. The van der Waals surface area contributed by atoms with Crippen molar-refractivity contribution in [2.45, 2.75) is 9.79 Å². The number of piperazine rings is 1. The zero-order chi connectivity index (χ0) is 18.9. The molecule has 10 heteroatoms. The van der Waals surface area contributed by atoms with Gasteiger partial charge in [0.2, 0.25) is 15.8 Å². The van der Waals surface area contributed by atoms with Crippen molar-refractivity contribution in [2.24, 2.45) is 0 Å². The highest BCUT2D eigenvalue weighted by Crippen LogP contribution is 2.33. The molecule has 0 aliphatic carbocycles.